The van der Waals surface area contributed by atoms with Gasteiger partial charge in [0.05, 0.1) is 18.3 Å². The van der Waals surface area contributed by atoms with Gasteiger partial charge in [0.1, 0.15) is 0 Å². The van der Waals surface area contributed by atoms with Crippen LogP contribution in [0.25, 0.3) is 0 Å². The van der Waals surface area contributed by atoms with Crippen LogP contribution in [-0.2, 0) is 22.4 Å². The second-order valence-electron chi connectivity index (χ2n) is 6.88. The standard InChI is InChI=1S/C21H21N7O2S/c29-20-19(15-23-28-24-16-22-25-28)21(30)27(14-12-18-9-5-2-6-10-18)31-26(20)13-11-17-7-3-1-4-8-17/h1-10,15-16,19H,11-14H2. The Labute approximate surface area is 184 Å². The molecule has 1 fully saturated rings. The molecule has 4 rings (SSSR count). The highest BCUT2D eigenvalue weighted by atomic mass is 32.2. The second kappa shape index (κ2) is 9.98. The Hall–Kier alpha value is -3.53. The quantitative estimate of drug-likeness (QED) is 0.304. The number of benzene rings is 2. The summed E-state index contributed by atoms with van der Waals surface area (Å²) in [7, 11) is 0. The zero-order valence-electron chi connectivity index (χ0n) is 16.7. The maximum Gasteiger partial charge on any atom is 0.251 e. The van der Waals surface area contributed by atoms with E-state index >= 15 is 0 Å². The molecule has 2 amide bonds. The van der Waals surface area contributed by atoms with Crippen LogP contribution in [-0.4, -0.2) is 60.0 Å². The third-order valence-corrected chi connectivity index (χ3v) is 5.89. The molecule has 0 bridgehead atoms. The minimum absolute atomic E-state index is 0.300. The molecule has 1 aromatic heterocycles. The Morgan fingerprint density at radius 2 is 1.42 bits per heavy atom. The van der Waals surface area contributed by atoms with Gasteiger partial charge in [-0.2, -0.15) is 0 Å². The summed E-state index contributed by atoms with van der Waals surface area (Å²) in [6.07, 6.45) is 3.90. The van der Waals surface area contributed by atoms with E-state index in [1.165, 1.54) is 24.7 Å². The van der Waals surface area contributed by atoms with Crippen LogP contribution in [0.3, 0.4) is 0 Å². The zero-order chi connectivity index (χ0) is 21.5. The fourth-order valence-corrected chi connectivity index (χ4v) is 4.11. The van der Waals surface area contributed by atoms with Crippen molar-refractivity contribution < 1.29 is 9.59 Å². The van der Waals surface area contributed by atoms with Crippen LogP contribution >= 0.6 is 12.1 Å². The third-order valence-electron chi connectivity index (χ3n) is 4.77. The first-order chi connectivity index (χ1) is 15.2. The average molecular weight is 436 g/mol. The number of tetrazole rings is 1. The molecule has 31 heavy (non-hydrogen) atoms. The first kappa shape index (κ1) is 20.7. The molecule has 0 aliphatic carbocycles. The van der Waals surface area contributed by atoms with Gasteiger partial charge in [0.25, 0.3) is 11.8 Å². The fraction of sp³-hybridized carbons (Fsp3) is 0.238. The summed E-state index contributed by atoms with van der Waals surface area (Å²) < 4.78 is 3.26. The predicted octanol–water partition coefficient (Wildman–Crippen LogP) is 1.84. The van der Waals surface area contributed by atoms with E-state index in [0.717, 1.165) is 16.0 Å². The van der Waals surface area contributed by atoms with Gasteiger partial charge in [0, 0.05) is 13.1 Å². The van der Waals surface area contributed by atoms with Gasteiger partial charge in [0.15, 0.2) is 12.2 Å². The number of amides is 2. The van der Waals surface area contributed by atoms with Gasteiger partial charge >= 0.3 is 0 Å². The second-order valence-corrected chi connectivity index (χ2v) is 7.92. The fourth-order valence-electron chi connectivity index (χ4n) is 3.14. The Morgan fingerprint density at radius 3 is 1.90 bits per heavy atom. The summed E-state index contributed by atoms with van der Waals surface area (Å²) >= 11 is 1.17. The normalized spacial score (nSPS) is 15.2. The van der Waals surface area contributed by atoms with Crippen LogP contribution in [0.5, 0.6) is 0 Å². The lowest BCUT2D eigenvalue weighted by atomic mass is 10.1. The molecular weight excluding hydrogens is 414 g/mol. The van der Waals surface area contributed by atoms with Crippen LogP contribution in [0.4, 0.5) is 0 Å². The summed E-state index contributed by atoms with van der Waals surface area (Å²) in [5, 5.41) is 15.0. The van der Waals surface area contributed by atoms with E-state index in [-0.39, 0.29) is 11.8 Å². The molecule has 1 aliphatic rings. The van der Waals surface area contributed by atoms with Crippen LogP contribution < -0.4 is 0 Å². The maximum atomic E-state index is 13.0. The van der Waals surface area contributed by atoms with E-state index in [9.17, 15) is 9.59 Å². The molecule has 158 valence electrons. The summed E-state index contributed by atoms with van der Waals surface area (Å²) in [5.74, 6) is -1.63. The molecule has 0 saturated carbocycles. The average Bonchev–Trinajstić information content (AvgIpc) is 3.33. The van der Waals surface area contributed by atoms with Crippen molar-refractivity contribution in [3.05, 3.63) is 78.1 Å². The van der Waals surface area contributed by atoms with Crippen molar-refractivity contribution in [3.8, 4) is 0 Å². The number of hydrogen-bond donors (Lipinski definition) is 0. The van der Waals surface area contributed by atoms with Gasteiger partial charge in [-0.15, -0.1) is 15.3 Å². The third kappa shape index (κ3) is 5.34. The molecule has 9 nitrogen and oxygen atoms in total. The number of aromatic nitrogens is 4. The minimum Gasteiger partial charge on any atom is -0.273 e. The van der Waals surface area contributed by atoms with Crippen molar-refractivity contribution >= 4 is 30.2 Å². The first-order valence-corrected chi connectivity index (χ1v) is 10.6. The topological polar surface area (TPSA) is 96.6 Å². The van der Waals surface area contributed by atoms with E-state index in [1.54, 1.807) is 8.61 Å². The highest BCUT2D eigenvalue weighted by molar-refractivity contribution is 7.95. The lowest BCUT2D eigenvalue weighted by Crippen LogP contribution is -2.50. The Bertz CT molecular complexity index is 967. The molecule has 3 aromatic rings. The van der Waals surface area contributed by atoms with Gasteiger partial charge in [-0.3, -0.25) is 18.2 Å². The van der Waals surface area contributed by atoms with E-state index < -0.39 is 5.92 Å². The molecule has 10 heteroatoms. The molecule has 2 heterocycles. The van der Waals surface area contributed by atoms with Crippen LogP contribution in [0.1, 0.15) is 11.1 Å². The Kier molecular flexibility index (Phi) is 6.68. The van der Waals surface area contributed by atoms with Crippen molar-refractivity contribution in [2.45, 2.75) is 12.8 Å². The number of rotatable bonds is 8. The van der Waals surface area contributed by atoms with E-state index in [2.05, 4.69) is 20.5 Å². The highest BCUT2D eigenvalue weighted by Gasteiger charge is 2.40. The van der Waals surface area contributed by atoms with Crippen LogP contribution in [0.2, 0.25) is 0 Å². The molecule has 2 aromatic carbocycles. The zero-order valence-corrected chi connectivity index (χ0v) is 17.5. The van der Waals surface area contributed by atoms with Crippen molar-refractivity contribution in [2.75, 3.05) is 13.1 Å². The van der Waals surface area contributed by atoms with Gasteiger partial charge < -0.3 is 0 Å². The molecule has 0 radical (unpaired) electrons. The van der Waals surface area contributed by atoms with Crippen molar-refractivity contribution in [2.24, 2.45) is 11.0 Å². The number of nitrogens with zero attached hydrogens (tertiary/aromatic N) is 7. The van der Waals surface area contributed by atoms with Crippen LogP contribution in [0.15, 0.2) is 72.1 Å². The smallest absolute Gasteiger partial charge is 0.251 e. The van der Waals surface area contributed by atoms with Gasteiger partial charge in [-0.05, 0) is 34.1 Å². The number of carbonyl (C=O) groups excluding carboxylic acids is 2. The summed E-state index contributed by atoms with van der Waals surface area (Å²) in [5.41, 5.74) is 2.25. The van der Waals surface area contributed by atoms with E-state index in [0.29, 0.717) is 25.9 Å². The minimum atomic E-state index is -1.03. The van der Waals surface area contributed by atoms with Gasteiger partial charge in [0.2, 0.25) is 0 Å². The van der Waals surface area contributed by atoms with Crippen molar-refractivity contribution in [1.29, 1.82) is 0 Å². The van der Waals surface area contributed by atoms with E-state index in [1.807, 2.05) is 60.7 Å². The number of hydrogen-bond acceptors (Lipinski definition) is 7. The van der Waals surface area contributed by atoms with Gasteiger partial charge in [-0.25, -0.2) is 0 Å². The van der Waals surface area contributed by atoms with Crippen molar-refractivity contribution in [1.82, 2.24) is 28.9 Å². The van der Waals surface area contributed by atoms with Gasteiger partial charge in [-0.1, -0.05) is 60.7 Å². The molecule has 1 saturated heterocycles. The lowest BCUT2D eigenvalue weighted by Gasteiger charge is -2.36. The Balaban J connectivity index is 1.49. The molecule has 0 atom stereocenters. The molecule has 0 N–H and O–H groups in total. The molecule has 0 spiro atoms. The van der Waals surface area contributed by atoms with Crippen LogP contribution in [0, 0.1) is 5.92 Å². The SMILES string of the molecule is O=C1C(C=Nn2ncnn2)C(=O)N(CCc2ccccc2)SN1CCc1ccccc1. The summed E-state index contributed by atoms with van der Waals surface area (Å²) in [6.45, 7) is 0.961. The number of carbonyl (C=O) groups is 2. The predicted molar refractivity (Wildman–Crippen MR) is 117 cm³/mol. The first-order valence-electron chi connectivity index (χ1n) is 9.87. The summed E-state index contributed by atoms with van der Waals surface area (Å²) in [6, 6.07) is 19.9. The lowest BCUT2D eigenvalue weighted by molar-refractivity contribution is -0.140. The van der Waals surface area contributed by atoms with Crippen molar-refractivity contribution in [3.63, 3.8) is 0 Å². The Morgan fingerprint density at radius 1 is 0.871 bits per heavy atom. The molecule has 1 aliphatic heterocycles. The largest absolute Gasteiger partial charge is 0.273 e. The molecule has 0 unspecified atom stereocenters. The monoisotopic (exact) mass is 435 g/mol. The maximum absolute atomic E-state index is 13.0. The van der Waals surface area contributed by atoms with E-state index in [4.69, 9.17) is 0 Å². The molecular formula is C21H21N7O2S. The highest BCUT2D eigenvalue weighted by Crippen LogP contribution is 2.28. The summed E-state index contributed by atoms with van der Waals surface area (Å²) in [4.78, 5) is 27.1.